The Hall–Kier alpha value is -6.52. The molecule has 0 aromatic heterocycles. The SMILES string of the molecule is CC[C@H](C)[C@@H]1NC(=O)[C@H](Cc2ccc(O)cc2)NC(=O)[C@@H]2CSSC(C=N2)[C@@H](C(=O)N(C[C@@H](O)CO)[C@@H](C)C(=O)N[C@@H](CC(C)C)C(=O)NCC(N)=O)NC(=O)[C@H](CC(N)=O)NC(=O)[C@H](CCC(N)=O)NC1=O. The highest BCUT2D eigenvalue weighted by atomic mass is 33.1. The monoisotopic (exact) mass is 1060 g/mol. The van der Waals surface area contributed by atoms with Crippen LogP contribution in [0.3, 0.4) is 0 Å². The average molecular weight is 1070 g/mol. The molecule has 0 radical (unpaired) electrons. The summed E-state index contributed by atoms with van der Waals surface area (Å²) < 4.78 is 0. The van der Waals surface area contributed by atoms with E-state index in [1.807, 2.05) is 0 Å². The fourth-order valence-electron chi connectivity index (χ4n) is 7.40. The lowest BCUT2D eigenvalue weighted by molar-refractivity contribution is -0.145. The van der Waals surface area contributed by atoms with E-state index >= 15 is 4.79 Å². The van der Waals surface area contributed by atoms with E-state index in [2.05, 4.69) is 42.2 Å². The van der Waals surface area contributed by atoms with Crippen molar-refractivity contribution in [2.24, 2.45) is 34.0 Å². The normalized spacial score (nSPS) is 23.7. The van der Waals surface area contributed by atoms with Crippen molar-refractivity contribution in [2.45, 2.75) is 133 Å². The quantitative estimate of drug-likeness (QED) is 0.0516. The molecule has 0 saturated heterocycles. The van der Waals surface area contributed by atoms with Gasteiger partial charge in [-0.05, 0) is 49.3 Å². The molecule has 73 heavy (non-hydrogen) atoms. The second kappa shape index (κ2) is 29.2. The first-order valence-electron chi connectivity index (χ1n) is 23.5. The van der Waals surface area contributed by atoms with Crippen LogP contribution in [0, 0.1) is 11.8 Å². The number of carbonyl (C=O) groups is 11. The largest absolute Gasteiger partial charge is 0.508 e. The molecule has 0 aliphatic carbocycles. The molecule has 0 spiro atoms. The molecule has 0 fully saturated rings. The molecule has 11 amide bonds. The summed E-state index contributed by atoms with van der Waals surface area (Å²) in [5.74, 6) is -11.5. The summed E-state index contributed by atoms with van der Waals surface area (Å²) in [6.07, 6.45) is -2.13. The van der Waals surface area contributed by atoms with Crippen molar-refractivity contribution >= 4 is 92.8 Å². The Kier molecular flexibility index (Phi) is 24.4. The van der Waals surface area contributed by atoms with E-state index < -0.39 is 170 Å². The fourth-order valence-corrected chi connectivity index (χ4v) is 9.99. The van der Waals surface area contributed by atoms with Gasteiger partial charge in [0, 0.05) is 31.4 Å². The van der Waals surface area contributed by atoms with Gasteiger partial charge in [0.15, 0.2) is 0 Å². The molecule has 2 heterocycles. The number of carbonyl (C=O) groups excluding carboxylic acids is 11. The minimum atomic E-state index is -1.90. The first kappa shape index (κ1) is 60.8. The predicted molar refractivity (Wildman–Crippen MR) is 267 cm³/mol. The molecular weight excluding hydrogens is 997 g/mol. The lowest BCUT2D eigenvalue weighted by atomic mass is 9.96. The number of hydrogen-bond acceptors (Lipinski definition) is 17. The van der Waals surface area contributed by atoms with Crippen LogP contribution in [0.4, 0.5) is 0 Å². The number of phenolic OH excluding ortho intramolecular Hbond substituents is 1. The van der Waals surface area contributed by atoms with Gasteiger partial charge < -0.3 is 74.6 Å². The molecule has 1 unspecified atom stereocenters. The van der Waals surface area contributed by atoms with Crippen LogP contribution in [0.1, 0.15) is 72.3 Å². The summed E-state index contributed by atoms with van der Waals surface area (Å²) in [6.45, 7) is 5.87. The number of aliphatic hydroxyl groups excluding tert-OH is 2. The molecule has 2 aliphatic heterocycles. The van der Waals surface area contributed by atoms with Gasteiger partial charge in [-0.2, -0.15) is 0 Å². The Labute approximate surface area is 429 Å². The van der Waals surface area contributed by atoms with Crippen LogP contribution < -0.4 is 54.4 Å². The molecule has 11 atom stereocenters. The highest BCUT2D eigenvalue weighted by Gasteiger charge is 2.42. The summed E-state index contributed by atoms with van der Waals surface area (Å²) in [5.41, 5.74) is 16.6. The van der Waals surface area contributed by atoms with Crippen LogP contribution in [0.2, 0.25) is 0 Å². The number of aliphatic imine (C=N–C) groups is 1. The Morgan fingerprint density at radius 1 is 0.808 bits per heavy atom. The molecule has 1 aromatic carbocycles. The van der Waals surface area contributed by atoms with E-state index in [9.17, 15) is 63.3 Å². The van der Waals surface area contributed by atoms with E-state index in [4.69, 9.17) is 17.2 Å². The van der Waals surface area contributed by atoms with Crippen LogP contribution in [0.25, 0.3) is 0 Å². The van der Waals surface area contributed by atoms with E-state index in [1.54, 1.807) is 27.7 Å². The number of phenols is 1. The number of primary amides is 3. The van der Waals surface area contributed by atoms with Gasteiger partial charge in [0.25, 0.3) is 0 Å². The van der Waals surface area contributed by atoms with Crippen LogP contribution in [-0.2, 0) is 59.2 Å². The standard InChI is InChI=1S/C45H68N12O14S2/c1-6-22(4)36-44(70)51-27(11-12-33(46)61)40(66)54-30(15-34(47)62)42(68)56-37(32-16-49-31(20-72-73-32)43(69)53-29(41(67)55-36)14-24-7-9-25(59)10-8-24)45(71)57(18-26(60)19-58)23(5)38(64)52-28(13-21(2)3)39(65)50-17-35(48)63/h7-10,16,21-23,26-32,36-37,58-60H,6,11-15,17-20H2,1-5H3,(H2,46,61)(H2,47,62)(H2,48,63)(H,50,65)(H,51,70)(H,52,64)(H,53,69)(H,54,66)(H,55,67)(H,56,68)/t22-,23-,26+,27-,28-,29-,30-,31-,32?,36-,37-/m0/s1. The molecule has 28 heteroatoms. The van der Waals surface area contributed by atoms with Crippen molar-refractivity contribution < 1.29 is 68.1 Å². The van der Waals surface area contributed by atoms with Gasteiger partial charge in [0.1, 0.15) is 54.1 Å². The first-order chi connectivity index (χ1) is 34.3. The van der Waals surface area contributed by atoms with E-state index in [-0.39, 0.29) is 30.3 Å². The topological polar surface area (TPSA) is 426 Å². The molecule has 26 nitrogen and oxygen atoms in total. The third-order valence-corrected chi connectivity index (χ3v) is 14.4. The van der Waals surface area contributed by atoms with Crippen molar-refractivity contribution in [1.29, 1.82) is 0 Å². The van der Waals surface area contributed by atoms with Crippen molar-refractivity contribution in [3.8, 4) is 5.75 Å². The number of aliphatic hydroxyl groups is 2. The second-order valence-corrected chi connectivity index (χ2v) is 20.7. The van der Waals surface area contributed by atoms with Gasteiger partial charge in [-0.15, -0.1) is 0 Å². The smallest absolute Gasteiger partial charge is 0.247 e. The van der Waals surface area contributed by atoms with Gasteiger partial charge in [-0.25, -0.2) is 0 Å². The Bertz CT molecular complexity index is 2200. The van der Waals surface area contributed by atoms with Crippen molar-refractivity contribution in [2.75, 3.05) is 25.4 Å². The number of rotatable bonds is 21. The van der Waals surface area contributed by atoms with Gasteiger partial charge in [0.2, 0.25) is 65.0 Å². The number of fused-ring (bicyclic) bond motifs is 2. The predicted octanol–water partition coefficient (Wildman–Crippen LogP) is -4.54. The molecule has 404 valence electrons. The number of benzene rings is 1. The van der Waals surface area contributed by atoms with Crippen LogP contribution in [0.5, 0.6) is 5.75 Å². The molecule has 3 rings (SSSR count). The lowest BCUT2D eigenvalue weighted by Crippen LogP contribution is -2.63. The number of nitrogens with one attached hydrogen (secondary N) is 7. The van der Waals surface area contributed by atoms with Crippen LogP contribution in [-0.4, -0.2) is 177 Å². The summed E-state index contributed by atoms with van der Waals surface area (Å²) in [4.78, 5) is 155. The fraction of sp³-hybridized carbons (Fsp3) is 0.600. The van der Waals surface area contributed by atoms with Crippen LogP contribution >= 0.6 is 21.6 Å². The zero-order valence-corrected chi connectivity index (χ0v) is 42.8. The molecular formula is C45H68N12O14S2. The van der Waals surface area contributed by atoms with Gasteiger partial charge >= 0.3 is 0 Å². The second-order valence-electron chi connectivity index (χ2n) is 18.1. The van der Waals surface area contributed by atoms with Crippen LogP contribution in [0.15, 0.2) is 29.3 Å². The summed E-state index contributed by atoms with van der Waals surface area (Å²) in [6, 6.07) is -6.47. The molecule has 2 aliphatic rings. The highest BCUT2D eigenvalue weighted by molar-refractivity contribution is 8.77. The van der Waals surface area contributed by atoms with Crippen molar-refractivity contribution in [1.82, 2.24) is 42.1 Å². The zero-order valence-electron chi connectivity index (χ0n) is 41.2. The summed E-state index contributed by atoms with van der Waals surface area (Å²) in [5, 5.41) is 46.9. The maximum atomic E-state index is 15.1. The average Bonchev–Trinajstić information content (AvgIpc) is 3.59. The van der Waals surface area contributed by atoms with E-state index in [0.717, 1.165) is 32.7 Å². The van der Waals surface area contributed by atoms with E-state index in [1.165, 1.54) is 31.2 Å². The third-order valence-electron chi connectivity index (χ3n) is 11.7. The molecule has 16 N–H and O–H groups in total. The molecule has 2 bridgehead atoms. The number of hydrogen-bond donors (Lipinski definition) is 13. The number of nitrogens with two attached hydrogens (primary N) is 3. The van der Waals surface area contributed by atoms with Gasteiger partial charge in [0.05, 0.1) is 30.9 Å². The summed E-state index contributed by atoms with van der Waals surface area (Å²) in [7, 11) is 1.94. The minimum absolute atomic E-state index is 0.0524. The van der Waals surface area contributed by atoms with Crippen molar-refractivity contribution in [3.63, 3.8) is 0 Å². The Balaban J connectivity index is 2.25. The zero-order chi connectivity index (χ0) is 54.7. The molecule has 0 saturated carbocycles. The Morgan fingerprint density at radius 3 is 2.01 bits per heavy atom. The third kappa shape index (κ3) is 19.4. The van der Waals surface area contributed by atoms with Gasteiger partial charge in [-0.1, -0.05) is 67.8 Å². The molecule has 1 aromatic rings. The maximum Gasteiger partial charge on any atom is 0.247 e. The van der Waals surface area contributed by atoms with Gasteiger partial charge in [-0.3, -0.25) is 57.7 Å². The van der Waals surface area contributed by atoms with Crippen molar-refractivity contribution in [3.05, 3.63) is 29.8 Å². The van der Waals surface area contributed by atoms with E-state index in [0.29, 0.717) is 12.0 Å². The first-order valence-corrected chi connectivity index (χ1v) is 25.9. The highest BCUT2D eigenvalue weighted by Crippen LogP contribution is 2.33. The Morgan fingerprint density at radius 2 is 1.42 bits per heavy atom. The number of amides is 11. The number of aromatic hydroxyl groups is 1. The minimum Gasteiger partial charge on any atom is -0.508 e. The number of nitrogens with zero attached hydrogens (tertiary/aromatic N) is 2. The summed E-state index contributed by atoms with van der Waals surface area (Å²) >= 11 is 0. The lowest BCUT2D eigenvalue weighted by Gasteiger charge is -2.36. The maximum absolute atomic E-state index is 15.1.